The molecule has 23 heavy (non-hydrogen) atoms. The van der Waals surface area contributed by atoms with Crippen molar-refractivity contribution in [1.29, 1.82) is 0 Å². The highest BCUT2D eigenvalue weighted by atomic mass is 35.5. The molecule has 0 saturated carbocycles. The van der Waals surface area contributed by atoms with E-state index in [1.54, 1.807) is 42.5 Å². The first-order chi connectivity index (χ1) is 11.0. The van der Waals surface area contributed by atoms with Crippen LogP contribution in [-0.4, -0.2) is 27.7 Å². The summed E-state index contributed by atoms with van der Waals surface area (Å²) in [5.41, 5.74) is 0.785. The van der Waals surface area contributed by atoms with E-state index in [0.29, 0.717) is 27.4 Å². The first-order valence-electron chi connectivity index (χ1n) is 6.78. The van der Waals surface area contributed by atoms with E-state index in [1.165, 1.54) is 11.7 Å². The third-order valence-electron chi connectivity index (χ3n) is 3.61. The number of methoxy groups -OCH3 is 1. The molecule has 1 heterocycles. The summed E-state index contributed by atoms with van der Waals surface area (Å²) in [7, 11) is 1.45. The van der Waals surface area contributed by atoms with Gasteiger partial charge in [0.2, 0.25) is 0 Å². The maximum Gasteiger partial charge on any atom is 0.331 e. The van der Waals surface area contributed by atoms with Gasteiger partial charge in [-0.3, -0.25) is 4.57 Å². The second-order valence-corrected chi connectivity index (χ2v) is 5.38. The topological polar surface area (TPSA) is 84.3 Å². The molecule has 0 aliphatic rings. The van der Waals surface area contributed by atoms with Crippen molar-refractivity contribution in [3.8, 4) is 5.75 Å². The van der Waals surface area contributed by atoms with Crippen molar-refractivity contribution in [1.82, 2.24) is 9.55 Å². The number of hydrogen-bond acceptors (Lipinski definition) is 3. The minimum Gasteiger partial charge on any atom is -0.496 e. The van der Waals surface area contributed by atoms with Gasteiger partial charge >= 0.3 is 11.7 Å². The number of imidazole rings is 1. The van der Waals surface area contributed by atoms with Gasteiger partial charge in [-0.15, -0.1) is 0 Å². The van der Waals surface area contributed by atoms with Crippen LogP contribution in [0.3, 0.4) is 0 Å². The Labute approximate surface area is 135 Å². The Balaban J connectivity index is 2.32. The number of carboxylic acids is 1. The molecule has 3 aromatic rings. The number of rotatable bonds is 4. The second-order valence-electron chi connectivity index (χ2n) is 4.94. The molecule has 0 radical (unpaired) electrons. The number of nitrogens with zero attached hydrogens (tertiary/aromatic N) is 1. The minimum absolute atomic E-state index is 0.380. The van der Waals surface area contributed by atoms with Gasteiger partial charge in [-0.2, -0.15) is 0 Å². The second kappa shape index (κ2) is 5.81. The molecule has 0 saturated heterocycles. The Hall–Kier alpha value is -2.73. The number of carbonyl (C=O) groups is 1. The van der Waals surface area contributed by atoms with Crippen LogP contribution in [0.1, 0.15) is 11.6 Å². The molecule has 0 aliphatic heterocycles. The van der Waals surface area contributed by atoms with Gasteiger partial charge in [-0.1, -0.05) is 29.8 Å². The monoisotopic (exact) mass is 332 g/mol. The Morgan fingerprint density at radius 2 is 2.04 bits per heavy atom. The molecule has 1 unspecified atom stereocenters. The largest absolute Gasteiger partial charge is 0.496 e. The summed E-state index contributed by atoms with van der Waals surface area (Å²) < 4.78 is 6.40. The van der Waals surface area contributed by atoms with Crippen LogP contribution in [0.2, 0.25) is 5.02 Å². The van der Waals surface area contributed by atoms with Crippen molar-refractivity contribution < 1.29 is 14.6 Å². The molecule has 3 rings (SSSR count). The average Bonchev–Trinajstić information content (AvgIpc) is 2.84. The van der Waals surface area contributed by atoms with E-state index in [2.05, 4.69) is 4.98 Å². The average molecular weight is 333 g/mol. The molecular weight excluding hydrogens is 320 g/mol. The molecule has 0 fully saturated rings. The quantitative estimate of drug-likeness (QED) is 0.769. The molecule has 1 atom stereocenters. The van der Waals surface area contributed by atoms with Gasteiger partial charge in [0.05, 0.1) is 18.1 Å². The number of aromatic amines is 1. The van der Waals surface area contributed by atoms with Crippen LogP contribution in [0.5, 0.6) is 5.75 Å². The molecule has 0 aliphatic carbocycles. The zero-order valence-electron chi connectivity index (χ0n) is 12.1. The van der Waals surface area contributed by atoms with Crippen LogP contribution < -0.4 is 10.4 Å². The number of aliphatic carboxylic acids is 1. The van der Waals surface area contributed by atoms with Crippen LogP contribution in [-0.2, 0) is 4.79 Å². The SMILES string of the molecule is COc1ccccc1C(C(=O)O)n1c(=O)[nH]c2ccc(Cl)cc21. The molecule has 7 heteroatoms. The number of ether oxygens (including phenoxy) is 1. The third kappa shape index (κ3) is 2.57. The number of para-hydroxylation sites is 1. The number of carboxylic acid groups (broad SMARTS) is 1. The van der Waals surface area contributed by atoms with Gasteiger partial charge in [0.25, 0.3) is 0 Å². The summed E-state index contributed by atoms with van der Waals surface area (Å²) in [5, 5.41) is 10.1. The predicted octanol–water partition coefficient (Wildman–Crippen LogP) is 2.67. The van der Waals surface area contributed by atoms with Gasteiger partial charge in [-0.05, 0) is 24.3 Å². The number of fused-ring (bicyclic) bond motifs is 1. The van der Waals surface area contributed by atoms with Crippen LogP contribution in [0.25, 0.3) is 11.0 Å². The molecule has 1 aromatic heterocycles. The summed E-state index contributed by atoms with van der Waals surface area (Å²) in [5.74, 6) is -0.777. The molecule has 0 bridgehead atoms. The van der Waals surface area contributed by atoms with Crippen molar-refractivity contribution in [3.05, 3.63) is 63.5 Å². The number of hydrogen-bond donors (Lipinski definition) is 2. The Bertz CT molecular complexity index is 945. The van der Waals surface area contributed by atoms with Crippen molar-refractivity contribution >= 4 is 28.6 Å². The smallest absolute Gasteiger partial charge is 0.331 e. The van der Waals surface area contributed by atoms with E-state index in [4.69, 9.17) is 16.3 Å². The van der Waals surface area contributed by atoms with Gasteiger partial charge in [0.15, 0.2) is 6.04 Å². The highest BCUT2D eigenvalue weighted by Crippen LogP contribution is 2.30. The molecule has 0 amide bonds. The van der Waals surface area contributed by atoms with Gasteiger partial charge in [-0.25, -0.2) is 9.59 Å². The zero-order chi connectivity index (χ0) is 16.6. The Morgan fingerprint density at radius 3 is 2.74 bits per heavy atom. The van der Waals surface area contributed by atoms with Gasteiger partial charge in [0.1, 0.15) is 5.75 Å². The van der Waals surface area contributed by atoms with Crippen LogP contribution in [0.15, 0.2) is 47.3 Å². The number of halogens is 1. The number of benzene rings is 2. The summed E-state index contributed by atoms with van der Waals surface area (Å²) in [6.45, 7) is 0. The maximum atomic E-state index is 12.3. The van der Waals surface area contributed by atoms with Gasteiger partial charge < -0.3 is 14.8 Å². The summed E-state index contributed by atoms with van der Waals surface area (Å²) in [6, 6.07) is 10.3. The fraction of sp³-hybridized carbons (Fsp3) is 0.125. The molecule has 118 valence electrons. The molecule has 0 spiro atoms. The van der Waals surface area contributed by atoms with Gasteiger partial charge in [0, 0.05) is 10.6 Å². The van der Waals surface area contributed by atoms with E-state index in [-0.39, 0.29) is 0 Å². The van der Waals surface area contributed by atoms with Crippen LogP contribution in [0.4, 0.5) is 0 Å². The summed E-state index contributed by atoms with van der Waals surface area (Å²) in [6.07, 6.45) is 0. The van der Waals surface area contributed by atoms with E-state index in [0.717, 1.165) is 0 Å². The standard InChI is InChI=1S/C16H13ClN2O4/c1-23-13-5-3-2-4-10(13)14(15(20)21)19-12-8-9(17)6-7-11(12)18-16(19)22/h2-8,14H,1H3,(H,18,22)(H,20,21). The third-order valence-corrected chi connectivity index (χ3v) is 3.84. The highest BCUT2D eigenvalue weighted by Gasteiger charge is 2.28. The van der Waals surface area contributed by atoms with E-state index >= 15 is 0 Å². The lowest BCUT2D eigenvalue weighted by molar-refractivity contribution is -0.139. The van der Waals surface area contributed by atoms with Crippen molar-refractivity contribution in [2.45, 2.75) is 6.04 Å². The zero-order valence-corrected chi connectivity index (χ0v) is 12.9. The Morgan fingerprint density at radius 1 is 1.30 bits per heavy atom. The molecule has 2 aromatic carbocycles. The normalized spacial score (nSPS) is 12.3. The fourth-order valence-electron chi connectivity index (χ4n) is 2.63. The number of aromatic nitrogens is 2. The van der Waals surface area contributed by atoms with E-state index in [1.807, 2.05) is 0 Å². The predicted molar refractivity (Wildman–Crippen MR) is 86.3 cm³/mol. The van der Waals surface area contributed by atoms with Crippen molar-refractivity contribution in [3.63, 3.8) is 0 Å². The summed E-state index contributed by atoms with van der Waals surface area (Å²) in [4.78, 5) is 26.9. The van der Waals surface area contributed by atoms with E-state index < -0.39 is 17.7 Å². The molecular formula is C16H13ClN2O4. The fourth-order valence-corrected chi connectivity index (χ4v) is 2.79. The number of nitrogens with one attached hydrogen (secondary N) is 1. The number of H-pyrrole nitrogens is 1. The van der Waals surface area contributed by atoms with Crippen LogP contribution >= 0.6 is 11.6 Å². The van der Waals surface area contributed by atoms with Crippen molar-refractivity contribution in [2.75, 3.05) is 7.11 Å². The summed E-state index contributed by atoms with van der Waals surface area (Å²) >= 11 is 5.99. The van der Waals surface area contributed by atoms with Crippen molar-refractivity contribution in [2.24, 2.45) is 0 Å². The Kier molecular flexibility index (Phi) is 3.83. The molecule has 2 N–H and O–H groups in total. The lowest BCUT2D eigenvalue weighted by Crippen LogP contribution is -2.29. The lowest BCUT2D eigenvalue weighted by atomic mass is 10.1. The first kappa shape index (κ1) is 15.2. The van der Waals surface area contributed by atoms with Crippen LogP contribution in [0, 0.1) is 0 Å². The lowest BCUT2D eigenvalue weighted by Gasteiger charge is -2.17. The maximum absolute atomic E-state index is 12.3. The first-order valence-corrected chi connectivity index (χ1v) is 7.16. The van der Waals surface area contributed by atoms with E-state index in [9.17, 15) is 14.7 Å². The molecule has 6 nitrogen and oxygen atoms in total. The highest BCUT2D eigenvalue weighted by molar-refractivity contribution is 6.31. The minimum atomic E-state index is -1.23.